The SMILES string of the molecule is COc1ccc(C(OCCC(O)Cc2ccc(C#Cc3ccc4ccc5cccc6ccc3c4c56)cc2)(c2ccccc2)c2ccc(OC)cc2)cc1. The molecular formula is C49H40O4. The summed E-state index contributed by atoms with van der Waals surface area (Å²) in [6.45, 7) is 0.330. The molecule has 8 rings (SSSR count). The van der Waals surface area contributed by atoms with Crippen molar-refractivity contribution in [2.75, 3.05) is 20.8 Å². The largest absolute Gasteiger partial charge is 0.497 e. The van der Waals surface area contributed by atoms with Crippen LogP contribution in [0, 0.1) is 11.8 Å². The molecule has 0 spiro atoms. The van der Waals surface area contributed by atoms with Gasteiger partial charge in [-0.25, -0.2) is 0 Å². The molecule has 0 saturated carbocycles. The van der Waals surface area contributed by atoms with Gasteiger partial charge in [0.2, 0.25) is 0 Å². The maximum Gasteiger partial charge on any atom is 0.143 e. The first-order chi connectivity index (χ1) is 26.1. The van der Waals surface area contributed by atoms with E-state index in [1.54, 1.807) is 14.2 Å². The van der Waals surface area contributed by atoms with Gasteiger partial charge in [-0.2, -0.15) is 0 Å². The standard InChI is InChI=1S/C49H40O4/c1-51-44-26-22-41(23-27-44)49(40-9-4-3-5-10-40,42-24-28-45(52-2)29-25-42)53-32-31-43(50)33-35-13-11-34(12-14-35)15-16-36-17-18-39-20-19-37-7-6-8-38-21-30-46(36)48(39)47(37)38/h3-14,17-30,43,50H,31-33H2,1-2H3. The maximum absolute atomic E-state index is 11.2. The second kappa shape index (κ2) is 14.9. The van der Waals surface area contributed by atoms with Crippen molar-refractivity contribution >= 4 is 32.3 Å². The molecule has 4 nitrogen and oxygen atoms in total. The fraction of sp³-hybridized carbons (Fsp3) is 0.143. The van der Waals surface area contributed by atoms with Crippen LogP contribution in [0.3, 0.4) is 0 Å². The summed E-state index contributed by atoms with van der Waals surface area (Å²) in [6.07, 6.45) is 0.372. The maximum atomic E-state index is 11.2. The van der Waals surface area contributed by atoms with Crippen LogP contribution in [-0.4, -0.2) is 32.0 Å². The Kier molecular flexibility index (Phi) is 9.53. The van der Waals surface area contributed by atoms with Gasteiger partial charge in [0, 0.05) is 11.1 Å². The molecule has 0 aliphatic carbocycles. The van der Waals surface area contributed by atoms with Crippen LogP contribution >= 0.6 is 0 Å². The molecule has 0 aromatic heterocycles. The highest BCUT2D eigenvalue weighted by atomic mass is 16.5. The van der Waals surface area contributed by atoms with E-state index in [4.69, 9.17) is 14.2 Å². The average molecular weight is 693 g/mol. The average Bonchev–Trinajstić information content (AvgIpc) is 3.22. The number of benzene rings is 8. The summed E-state index contributed by atoms with van der Waals surface area (Å²) in [6, 6.07) is 53.9. The predicted octanol–water partition coefficient (Wildman–Crippen LogP) is 10.3. The van der Waals surface area contributed by atoms with Crippen LogP contribution in [0.25, 0.3) is 32.3 Å². The molecule has 0 fully saturated rings. The number of ether oxygens (including phenoxy) is 3. The van der Waals surface area contributed by atoms with Crippen molar-refractivity contribution in [3.8, 4) is 23.3 Å². The summed E-state index contributed by atoms with van der Waals surface area (Å²) in [4.78, 5) is 0. The van der Waals surface area contributed by atoms with Crippen molar-refractivity contribution in [3.05, 3.63) is 191 Å². The van der Waals surface area contributed by atoms with Crippen molar-refractivity contribution in [2.24, 2.45) is 0 Å². The second-order valence-electron chi connectivity index (χ2n) is 13.4. The van der Waals surface area contributed by atoms with E-state index < -0.39 is 11.7 Å². The lowest BCUT2D eigenvalue weighted by Gasteiger charge is -2.36. The zero-order valence-corrected chi connectivity index (χ0v) is 29.9. The molecule has 1 atom stereocenters. The summed E-state index contributed by atoms with van der Waals surface area (Å²) >= 11 is 0. The van der Waals surface area contributed by atoms with Crippen molar-refractivity contribution in [2.45, 2.75) is 24.5 Å². The van der Waals surface area contributed by atoms with E-state index in [0.717, 1.165) is 44.9 Å². The van der Waals surface area contributed by atoms with Gasteiger partial charge in [0.1, 0.15) is 17.1 Å². The minimum atomic E-state index is -0.922. The molecule has 0 aliphatic rings. The van der Waals surface area contributed by atoms with E-state index in [1.807, 2.05) is 78.9 Å². The lowest BCUT2D eigenvalue weighted by atomic mass is 9.80. The van der Waals surface area contributed by atoms with Gasteiger partial charge in [-0.3, -0.25) is 0 Å². The first-order valence-electron chi connectivity index (χ1n) is 18.0. The van der Waals surface area contributed by atoms with E-state index in [2.05, 4.69) is 90.7 Å². The van der Waals surface area contributed by atoms with E-state index >= 15 is 0 Å². The minimum absolute atomic E-state index is 0.330. The van der Waals surface area contributed by atoms with Gasteiger partial charge in [0.15, 0.2) is 0 Å². The molecule has 0 amide bonds. The van der Waals surface area contributed by atoms with Crippen LogP contribution in [0.1, 0.15) is 39.8 Å². The summed E-state index contributed by atoms with van der Waals surface area (Å²) in [5.74, 6) is 8.36. The number of hydrogen-bond acceptors (Lipinski definition) is 4. The molecule has 53 heavy (non-hydrogen) atoms. The molecule has 0 radical (unpaired) electrons. The van der Waals surface area contributed by atoms with Crippen LogP contribution in [0.4, 0.5) is 0 Å². The molecule has 260 valence electrons. The first-order valence-corrected chi connectivity index (χ1v) is 18.0. The zero-order chi connectivity index (χ0) is 36.2. The predicted molar refractivity (Wildman–Crippen MR) is 215 cm³/mol. The molecule has 1 N–H and O–H groups in total. The van der Waals surface area contributed by atoms with Crippen LogP contribution in [0.5, 0.6) is 11.5 Å². The molecule has 0 aliphatic heterocycles. The van der Waals surface area contributed by atoms with E-state index in [1.165, 1.54) is 32.3 Å². The third-order valence-electron chi connectivity index (χ3n) is 10.2. The number of aliphatic hydroxyl groups is 1. The van der Waals surface area contributed by atoms with Crippen LogP contribution in [0.2, 0.25) is 0 Å². The van der Waals surface area contributed by atoms with Crippen LogP contribution in [-0.2, 0) is 16.8 Å². The van der Waals surface area contributed by atoms with Gasteiger partial charge in [0.05, 0.1) is 26.9 Å². The number of aliphatic hydroxyl groups excluding tert-OH is 1. The Balaban J connectivity index is 0.992. The fourth-order valence-electron chi connectivity index (χ4n) is 7.50. The molecule has 1 unspecified atom stereocenters. The van der Waals surface area contributed by atoms with Crippen molar-refractivity contribution in [3.63, 3.8) is 0 Å². The third kappa shape index (κ3) is 6.69. The van der Waals surface area contributed by atoms with Gasteiger partial charge >= 0.3 is 0 Å². The number of methoxy groups -OCH3 is 2. The van der Waals surface area contributed by atoms with Crippen molar-refractivity contribution in [1.82, 2.24) is 0 Å². The molecule has 4 heteroatoms. The fourth-order valence-corrected chi connectivity index (χ4v) is 7.50. The summed E-state index contributed by atoms with van der Waals surface area (Å²) in [7, 11) is 3.33. The van der Waals surface area contributed by atoms with Crippen molar-refractivity contribution in [1.29, 1.82) is 0 Å². The molecule has 0 saturated heterocycles. The Labute approximate surface area is 310 Å². The number of rotatable bonds is 11. The van der Waals surface area contributed by atoms with Gasteiger partial charge < -0.3 is 19.3 Å². The lowest BCUT2D eigenvalue weighted by Crippen LogP contribution is -2.34. The second-order valence-corrected chi connectivity index (χ2v) is 13.4. The van der Waals surface area contributed by atoms with Gasteiger partial charge in [-0.1, -0.05) is 127 Å². The first kappa shape index (κ1) is 34.0. The molecule has 8 aromatic rings. The van der Waals surface area contributed by atoms with Gasteiger partial charge in [-0.15, -0.1) is 0 Å². The molecule has 0 bridgehead atoms. The lowest BCUT2D eigenvalue weighted by molar-refractivity contribution is -0.00520. The topological polar surface area (TPSA) is 47.9 Å². The molecule has 0 heterocycles. The van der Waals surface area contributed by atoms with E-state index in [9.17, 15) is 5.11 Å². The summed E-state index contributed by atoms with van der Waals surface area (Å²) in [5, 5.41) is 18.7. The van der Waals surface area contributed by atoms with Gasteiger partial charge in [-0.05, 0) is 110 Å². The summed E-state index contributed by atoms with van der Waals surface area (Å²) < 4.78 is 17.9. The highest BCUT2D eigenvalue weighted by molar-refractivity contribution is 6.23. The van der Waals surface area contributed by atoms with E-state index in [0.29, 0.717) is 19.4 Å². The van der Waals surface area contributed by atoms with Gasteiger partial charge in [0.25, 0.3) is 0 Å². The zero-order valence-electron chi connectivity index (χ0n) is 29.9. The highest BCUT2D eigenvalue weighted by Crippen LogP contribution is 2.42. The highest BCUT2D eigenvalue weighted by Gasteiger charge is 2.38. The van der Waals surface area contributed by atoms with Crippen LogP contribution < -0.4 is 9.47 Å². The van der Waals surface area contributed by atoms with E-state index in [-0.39, 0.29) is 0 Å². The summed E-state index contributed by atoms with van der Waals surface area (Å²) in [5.41, 5.74) is 4.99. The Morgan fingerprint density at radius 3 is 1.74 bits per heavy atom. The quantitative estimate of drug-likeness (QED) is 0.0833. The molecular weight excluding hydrogens is 653 g/mol. The Hall–Kier alpha value is -6.12. The Bertz CT molecular complexity index is 2460. The van der Waals surface area contributed by atoms with Crippen LogP contribution in [0.15, 0.2) is 158 Å². The number of hydrogen-bond donors (Lipinski definition) is 1. The third-order valence-corrected chi connectivity index (χ3v) is 10.2. The normalized spacial score (nSPS) is 12.1. The Morgan fingerprint density at radius 1 is 0.547 bits per heavy atom. The Morgan fingerprint density at radius 2 is 1.11 bits per heavy atom. The monoisotopic (exact) mass is 692 g/mol. The van der Waals surface area contributed by atoms with Crippen molar-refractivity contribution < 1.29 is 19.3 Å². The minimum Gasteiger partial charge on any atom is -0.497 e. The molecule has 8 aromatic carbocycles. The smallest absolute Gasteiger partial charge is 0.143 e.